The molecule has 2 N–H and O–H groups in total. The maximum Gasteiger partial charge on any atom is 0.271 e. The lowest BCUT2D eigenvalue weighted by Crippen LogP contribution is -2.26. The van der Waals surface area contributed by atoms with Gasteiger partial charge in [0.1, 0.15) is 12.0 Å². The Morgan fingerprint density at radius 1 is 1.50 bits per heavy atom. The number of amides is 1. The standard InChI is InChI=1S/C7H14N4O/c1-6(7(12)10(2)3)9-5-11(4)8/h5H,1,8H2,2-4H3/b9-5-. The molecule has 68 valence electrons. The molecule has 0 aliphatic heterocycles. The number of rotatable bonds is 3. The molecule has 0 heterocycles. The number of likely N-dealkylation sites (N-methyl/N-ethyl adjacent to an activating group) is 1. The van der Waals surface area contributed by atoms with E-state index in [0.29, 0.717) is 0 Å². The summed E-state index contributed by atoms with van der Waals surface area (Å²) >= 11 is 0. The van der Waals surface area contributed by atoms with Crippen molar-refractivity contribution in [3.05, 3.63) is 12.3 Å². The van der Waals surface area contributed by atoms with Crippen molar-refractivity contribution in [1.29, 1.82) is 0 Å². The van der Waals surface area contributed by atoms with Gasteiger partial charge in [-0.25, -0.2) is 10.8 Å². The van der Waals surface area contributed by atoms with Gasteiger partial charge in [0.05, 0.1) is 0 Å². The number of hydrazine groups is 1. The molecule has 0 aromatic heterocycles. The fraction of sp³-hybridized carbons (Fsp3) is 0.429. The van der Waals surface area contributed by atoms with Crippen LogP contribution in [0.25, 0.3) is 0 Å². The Morgan fingerprint density at radius 2 is 2.00 bits per heavy atom. The second kappa shape index (κ2) is 4.50. The maximum absolute atomic E-state index is 11.1. The number of hydrogen-bond donors (Lipinski definition) is 1. The van der Waals surface area contributed by atoms with Crippen LogP contribution in [0.5, 0.6) is 0 Å². The van der Waals surface area contributed by atoms with Crippen molar-refractivity contribution in [3.63, 3.8) is 0 Å². The largest absolute Gasteiger partial charge is 0.343 e. The van der Waals surface area contributed by atoms with Crippen LogP contribution >= 0.6 is 0 Å². The van der Waals surface area contributed by atoms with Gasteiger partial charge >= 0.3 is 0 Å². The van der Waals surface area contributed by atoms with E-state index in [4.69, 9.17) is 5.84 Å². The number of carbonyl (C=O) groups is 1. The van der Waals surface area contributed by atoms with Crippen molar-refractivity contribution >= 4 is 12.2 Å². The van der Waals surface area contributed by atoms with E-state index >= 15 is 0 Å². The molecule has 5 heteroatoms. The fourth-order valence-corrected chi connectivity index (χ4v) is 0.474. The molecule has 0 fully saturated rings. The average molecular weight is 170 g/mol. The molecule has 0 aromatic rings. The first-order valence-corrected chi connectivity index (χ1v) is 3.37. The van der Waals surface area contributed by atoms with E-state index in [1.807, 2.05) is 0 Å². The number of nitrogens with zero attached hydrogens (tertiary/aromatic N) is 3. The first-order chi connectivity index (χ1) is 5.45. The normalized spacial score (nSPS) is 10.0. The van der Waals surface area contributed by atoms with Gasteiger partial charge in [-0.1, -0.05) is 6.58 Å². The molecule has 0 aliphatic carbocycles. The highest BCUT2D eigenvalue weighted by atomic mass is 16.2. The van der Waals surface area contributed by atoms with Crippen molar-refractivity contribution in [3.8, 4) is 0 Å². The van der Waals surface area contributed by atoms with E-state index in [2.05, 4.69) is 11.6 Å². The number of nitrogens with two attached hydrogens (primary N) is 1. The predicted molar refractivity (Wildman–Crippen MR) is 48.3 cm³/mol. The quantitative estimate of drug-likeness (QED) is 0.203. The van der Waals surface area contributed by atoms with Gasteiger partial charge in [-0.2, -0.15) is 0 Å². The molecule has 0 bridgehead atoms. The molecule has 0 rings (SSSR count). The average Bonchev–Trinajstić information content (AvgIpc) is 1.98. The lowest BCUT2D eigenvalue weighted by atomic mass is 10.4. The minimum atomic E-state index is -0.229. The van der Waals surface area contributed by atoms with Gasteiger partial charge in [-0.15, -0.1) is 0 Å². The van der Waals surface area contributed by atoms with Crippen LogP contribution in [0.4, 0.5) is 0 Å². The van der Waals surface area contributed by atoms with Gasteiger partial charge in [0, 0.05) is 21.1 Å². The molecule has 1 amide bonds. The molecule has 0 radical (unpaired) electrons. The van der Waals surface area contributed by atoms with Gasteiger partial charge in [-0.05, 0) is 0 Å². The summed E-state index contributed by atoms with van der Waals surface area (Å²) in [5.41, 5.74) is 0.164. The SMILES string of the molecule is C=C(/N=C\N(C)N)C(=O)N(C)C. The topological polar surface area (TPSA) is 61.9 Å². The van der Waals surface area contributed by atoms with Crippen LogP contribution in [0.15, 0.2) is 17.3 Å². The summed E-state index contributed by atoms with van der Waals surface area (Å²) in [5, 5.41) is 1.24. The molecule has 0 aromatic carbocycles. The van der Waals surface area contributed by atoms with Crippen molar-refractivity contribution in [2.75, 3.05) is 21.1 Å². The van der Waals surface area contributed by atoms with Crippen LogP contribution in [0, 0.1) is 0 Å². The zero-order chi connectivity index (χ0) is 9.72. The highest BCUT2D eigenvalue weighted by Gasteiger charge is 2.06. The van der Waals surface area contributed by atoms with E-state index in [0.717, 1.165) is 0 Å². The van der Waals surface area contributed by atoms with Crippen LogP contribution in [0.3, 0.4) is 0 Å². The van der Waals surface area contributed by atoms with Crippen LogP contribution in [-0.4, -0.2) is 43.3 Å². The fourth-order valence-electron chi connectivity index (χ4n) is 0.474. The van der Waals surface area contributed by atoms with Crippen LogP contribution in [0.1, 0.15) is 0 Å². The number of aliphatic imine (C=N–C) groups is 1. The van der Waals surface area contributed by atoms with E-state index in [9.17, 15) is 4.79 Å². The Kier molecular flexibility index (Phi) is 3.99. The molecule has 5 nitrogen and oxygen atoms in total. The third-order valence-corrected chi connectivity index (χ3v) is 1.05. The lowest BCUT2D eigenvalue weighted by molar-refractivity contribution is -0.124. The summed E-state index contributed by atoms with van der Waals surface area (Å²) in [7, 11) is 4.88. The van der Waals surface area contributed by atoms with Gasteiger partial charge < -0.3 is 9.91 Å². The second-order valence-corrected chi connectivity index (χ2v) is 2.56. The predicted octanol–water partition coefficient (Wildman–Crippen LogP) is -0.578. The van der Waals surface area contributed by atoms with Crippen molar-refractivity contribution in [2.24, 2.45) is 10.8 Å². The third-order valence-electron chi connectivity index (χ3n) is 1.05. The molecule has 0 saturated carbocycles. The highest BCUT2D eigenvalue weighted by Crippen LogP contribution is 1.95. The minimum Gasteiger partial charge on any atom is -0.343 e. The summed E-state index contributed by atoms with van der Waals surface area (Å²) in [6.07, 6.45) is 1.32. The van der Waals surface area contributed by atoms with E-state index in [-0.39, 0.29) is 11.6 Å². The van der Waals surface area contributed by atoms with E-state index in [1.165, 1.54) is 16.2 Å². The molecule has 0 saturated heterocycles. The highest BCUT2D eigenvalue weighted by molar-refractivity contribution is 5.93. The molecule has 0 aliphatic rings. The molecule has 12 heavy (non-hydrogen) atoms. The Morgan fingerprint density at radius 3 is 2.33 bits per heavy atom. The molecule has 0 atom stereocenters. The summed E-state index contributed by atoms with van der Waals surface area (Å²) in [5.74, 6) is 5.01. The summed E-state index contributed by atoms with van der Waals surface area (Å²) < 4.78 is 0. The molecular weight excluding hydrogens is 156 g/mol. The molecule has 0 unspecified atom stereocenters. The van der Waals surface area contributed by atoms with Crippen LogP contribution in [-0.2, 0) is 4.79 Å². The Balaban J connectivity index is 4.14. The number of hydrogen-bond acceptors (Lipinski definition) is 3. The third kappa shape index (κ3) is 3.72. The van der Waals surface area contributed by atoms with Crippen LogP contribution in [0.2, 0.25) is 0 Å². The summed E-state index contributed by atoms with van der Waals surface area (Å²) in [4.78, 5) is 16.2. The Hall–Kier alpha value is -1.36. The maximum atomic E-state index is 11.1. The molecule has 0 spiro atoms. The molecular formula is C7H14N4O. The Bertz CT molecular complexity index is 207. The van der Waals surface area contributed by atoms with Gasteiger partial charge in [-0.3, -0.25) is 4.79 Å². The first kappa shape index (κ1) is 10.6. The summed E-state index contributed by atoms with van der Waals surface area (Å²) in [6.45, 7) is 3.48. The van der Waals surface area contributed by atoms with Gasteiger partial charge in [0.15, 0.2) is 0 Å². The van der Waals surface area contributed by atoms with Crippen molar-refractivity contribution < 1.29 is 4.79 Å². The zero-order valence-corrected chi connectivity index (χ0v) is 7.61. The van der Waals surface area contributed by atoms with E-state index in [1.54, 1.807) is 21.1 Å². The lowest BCUT2D eigenvalue weighted by Gasteiger charge is -2.09. The van der Waals surface area contributed by atoms with Crippen LogP contribution < -0.4 is 5.84 Å². The Labute approximate surface area is 72.1 Å². The van der Waals surface area contributed by atoms with E-state index < -0.39 is 0 Å². The monoisotopic (exact) mass is 170 g/mol. The van der Waals surface area contributed by atoms with Gasteiger partial charge in [0.25, 0.3) is 5.91 Å². The second-order valence-electron chi connectivity index (χ2n) is 2.56. The smallest absolute Gasteiger partial charge is 0.271 e. The van der Waals surface area contributed by atoms with Crippen molar-refractivity contribution in [1.82, 2.24) is 9.91 Å². The summed E-state index contributed by atoms with van der Waals surface area (Å²) in [6, 6.07) is 0. The zero-order valence-electron chi connectivity index (χ0n) is 7.61. The number of carbonyl (C=O) groups excluding carboxylic acids is 1. The van der Waals surface area contributed by atoms with Gasteiger partial charge in [0.2, 0.25) is 0 Å². The minimum absolute atomic E-state index is 0.164. The van der Waals surface area contributed by atoms with Crippen molar-refractivity contribution in [2.45, 2.75) is 0 Å². The first-order valence-electron chi connectivity index (χ1n) is 3.37.